The van der Waals surface area contributed by atoms with E-state index in [0.29, 0.717) is 29.9 Å². The number of rotatable bonds is 7. The Hall–Kier alpha value is -4.15. The number of aromatic nitrogens is 6. The van der Waals surface area contributed by atoms with Gasteiger partial charge in [-0.1, -0.05) is 29.4 Å². The minimum Gasteiger partial charge on any atom is -0.376 e. The van der Waals surface area contributed by atoms with Crippen LogP contribution in [0.15, 0.2) is 53.1 Å². The SMILES string of the molecule is O=[N+]([O-])c1cccc(-c2noc(CNc3cccc(-c4nnnn4C4CC4)c3)n2)c1. The van der Waals surface area contributed by atoms with Crippen molar-refractivity contribution in [2.24, 2.45) is 0 Å². The highest BCUT2D eigenvalue weighted by Crippen LogP contribution is 2.36. The molecule has 0 saturated heterocycles. The van der Waals surface area contributed by atoms with Gasteiger partial charge in [0, 0.05) is 28.9 Å². The fraction of sp³-hybridized carbons (Fsp3) is 0.211. The molecule has 0 bridgehead atoms. The Morgan fingerprint density at radius 2 is 2.00 bits per heavy atom. The van der Waals surface area contributed by atoms with Crippen LogP contribution in [0.2, 0.25) is 0 Å². The van der Waals surface area contributed by atoms with E-state index < -0.39 is 4.92 Å². The van der Waals surface area contributed by atoms with Crippen molar-refractivity contribution in [3.8, 4) is 22.8 Å². The van der Waals surface area contributed by atoms with E-state index in [1.165, 1.54) is 12.1 Å². The van der Waals surface area contributed by atoms with Crippen LogP contribution >= 0.6 is 0 Å². The molecule has 1 saturated carbocycles. The van der Waals surface area contributed by atoms with E-state index in [4.69, 9.17) is 4.52 Å². The smallest absolute Gasteiger partial charge is 0.270 e. The second-order valence-electron chi connectivity index (χ2n) is 6.93. The first-order valence-corrected chi connectivity index (χ1v) is 9.37. The van der Waals surface area contributed by atoms with Crippen molar-refractivity contribution in [1.29, 1.82) is 0 Å². The Morgan fingerprint density at radius 3 is 2.83 bits per heavy atom. The van der Waals surface area contributed by atoms with Gasteiger partial charge in [0.25, 0.3) is 5.69 Å². The molecule has 30 heavy (non-hydrogen) atoms. The van der Waals surface area contributed by atoms with Crippen LogP contribution in [0.5, 0.6) is 0 Å². The van der Waals surface area contributed by atoms with Crippen molar-refractivity contribution in [2.45, 2.75) is 25.4 Å². The number of tetrazole rings is 1. The molecule has 0 spiro atoms. The maximum atomic E-state index is 10.9. The van der Waals surface area contributed by atoms with Crippen molar-refractivity contribution in [1.82, 2.24) is 30.3 Å². The minimum absolute atomic E-state index is 0.0256. The lowest BCUT2D eigenvalue weighted by Crippen LogP contribution is -2.02. The van der Waals surface area contributed by atoms with Crippen molar-refractivity contribution >= 4 is 11.4 Å². The minimum atomic E-state index is -0.460. The topological polar surface area (TPSA) is 138 Å². The Kier molecular flexibility index (Phi) is 4.39. The number of non-ortho nitro benzene ring substituents is 1. The normalized spacial score (nSPS) is 13.3. The van der Waals surface area contributed by atoms with E-state index in [0.717, 1.165) is 29.9 Å². The van der Waals surface area contributed by atoms with Crippen molar-refractivity contribution < 1.29 is 9.45 Å². The molecule has 1 aliphatic rings. The fourth-order valence-corrected chi connectivity index (χ4v) is 3.10. The summed E-state index contributed by atoms with van der Waals surface area (Å²) >= 11 is 0. The molecular formula is C19H16N8O3. The molecular weight excluding hydrogens is 388 g/mol. The van der Waals surface area contributed by atoms with Crippen molar-refractivity contribution in [3.63, 3.8) is 0 Å². The van der Waals surface area contributed by atoms with Crippen LogP contribution in [0.4, 0.5) is 11.4 Å². The zero-order valence-corrected chi connectivity index (χ0v) is 15.7. The highest BCUT2D eigenvalue weighted by molar-refractivity contribution is 5.62. The summed E-state index contributed by atoms with van der Waals surface area (Å²) in [5.74, 6) is 1.41. The number of hydrogen-bond donors (Lipinski definition) is 1. The highest BCUT2D eigenvalue weighted by atomic mass is 16.6. The molecule has 0 aliphatic heterocycles. The number of nitro benzene ring substituents is 1. The summed E-state index contributed by atoms with van der Waals surface area (Å²) in [7, 11) is 0. The van der Waals surface area contributed by atoms with E-state index >= 15 is 0 Å². The Bertz CT molecular complexity index is 1210. The third-order valence-electron chi connectivity index (χ3n) is 4.73. The summed E-state index contributed by atoms with van der Waals surface area (Å²) in [6, 6.07) is 14.3. The average molecular weight is 404 g/mol. The third kappa shape index (κ3) is 3.60. The van der Waals surface area contributed by atoms with E-state index in [1.807, 2.05) is 28.9 Å². The number of benzene rings is 2. The first-order valence-electron chi connectivity index (χ1n) is 9.37. The second kappa shape index (κ2) is 7.35. The molecule has 150 valence electrons. The Morgan fingerprint density at radius 1 is 1.17 bits per heavy atom. The van der Waals surface area contributed by atoms with Gasteiger partial charge in [-0.3, -0.25) is 10.1 Å². The zero-order chi connectivity index (χ0) is 20.5. The molecule has 0 atom stereocenters. The van der Waals surface area contributed by atoms with Gasteiger partial charge in [0.1, 0.15) is 0 Å². The summed E-state index contributed by atoms with van der Waals surface area (Å²) in [4.78, 5) is 14.8. The number of nitro groups is 1. The molecule has 2 aromatic heterocycles. The molecule has 0 amide bonds. The van der Waals surface area contributed by atoms with Gasteiger partial charge >= 0.3 is 0 Å². The summed E-state index contributed by atoms with van der Waals surface area (Å²) in [5.41, 5.74) is 2.27. The van der Waals surface area contributed by atoms with Crippen LogP contribution in [0.3, 0.4) is 0 Å². The molecule has 11 heteroatoms. The number of nitrogens with zero attached hydrogens (tertiary/aromatic N) is 7. The number of hydrogen-bond acceptors (Lipinski definition) is 9. The Balaban J connectivity index is 1.30. The fourth-order valence-electron chi connectivity index (χ4n) is 3.10. The Labute approximate surface area is 169 Å². The summed E-state index contributed by atoms with van der Waals surface area (Å²) in [6.07, 6.45) is 2.19. The molecule has 5 rings (SSSR count). The quantitative estimate of drug-likeness (QED) is 0.363. The van der Waals surface area contributed by atoms with Crippen LogP contribution < -0.4 is 5.32 Å². The van der Waals surface area contributed by atoms with Gasteiger partial charge in [-0.15, -0.1) is 5.10 Å². The molecule has 11 nitrogen and oxygen atoms in total. The molecule has 1 fully saturated rings. The van der Waals surface area contributed by atoms with Gasteiger partial charge in [-0.25, -0.2) is 4.68 Å². The lowest BCUT2D eigenvalue weighted by molar-refractivity contribution is -0.384. The van der Waals surface area contributed by atoms with Crippen molar-refractivity contribution in [3.05, 3.63) is 64.5 Å². The highest BCUT2D eigenvalue weighted by Gasteiger charge is 2.28. The summed E-state index contributed by atoms with van der Waals surface area (Å²) in [5, 5.41) is 30.1. The third-order valence-corrected chi connectivity index (χ3v) is 4.73. The van der Waals surface area contributed by atoms with E-state index in [-0.39, 0.29) is 5.69 Å². The average Bonchev–Trinajstić information content (AvgIpc) is 3.30. The maximum absolute atomic E-state index is 10.9. The summed E-state index contributed by atoms with van der Waals surface area (Å²) < 4.78 is 7.14. The molecule has 0 unspecified atom stereocenters. The van der Waals surface area contributed by atoms with Crippen LogP contribution in [-0.2, 0) is 6.54 Å². The molecule has 2 aromatic carbocycles. The van der Waals surface area contributed by atoms with Gasteiger partial charge in [0.15, 0.2) is 5.82 Å². The lowest BCUT2D eigenvalue weighted by Gasteiger charge is -2.06. The standard InChI is InChI=1S/C19H16N8O3/c28-27(29)16-6-2-3-12(10-16)18-21-17(30-23-18)11-20-14-5-1-4-13(9-14)19-22-24-25-26(19)15-7-8-15/h1-6,9-10,15,20H,7-8,11H2. The van der Waals surface area contributed by atoms with Gasteiger partial charge in [-0.05, 0) is 35.4 Å². The van der Waals surface area contributed by atoms with E-state index in [1.54, 1.807) is 12.1 Å². The predicted octanol–water partition coefficient (Wildman–Crippen LogP) is 3.25. The van der Waals surface area contributed by atoms with Gasteiger partial charge < -0.3 is 9.84 Å². The van der Waals surface area contributed by atoms with Gasteiger partial charge in [0.05, 0.1) is 17.5 Å². The summed E-state index contributed by atoms with van der Waals surface area (Å²) in [6.45, 7) is 0.305. The van der Waals surface area contributed by atoms with Gasteiger partial charge in [0.2, 0.25) is 11.7 Å². The van der Waals surface area contributed by atoms with Crippen LogP contribution in [-0.4, -0.2) is 35.3 Å². The molecule has 4 aromatic rings. The first kappa shape index (κ1) is 17.9. The van der Waals surface area contributed by atoms with E-state index in [2.05, 4.69) is 31.0 Å². The predicted molar refractivity (Wildman–Crippen MR) is 105 cm³/mol. The first-order chi connectivity index (χ1) is 14.7. The lowest BCUT2D eigenvalue weighted by atomic mass is 10.2. The molecule has 0 radical (unpaired) electrons. The number of nitrogens with one attached hydrogen (secondary N) is 1. The zero-order valence-electron chi connectivity index (χ0n) is 15.7. The number of anilines is 1. The largest absolute Gasteiger partial charge is 0.376 e. The molecule has 1 N–H and O–H groups in total. The van der Waals surface area contributed by atoms with Crippen LogP contribution in [0, 0.1) is 10.1 Å². The molecule has 2 heterocycles. The van der Waals surface area contributed by atoms with Crippen molar-refractivity contribution in [2.75, 3.05) is 5.32 Å². The second-order valence-corrected chi connectivity index (χ2v) is 6.93. The maximum Gasteiger partial charge on any atom is 0.270 e. The molecule has 1 aliphatic carbocycles. The van der Waals surface area contributed by atoms with Crippen LogP contribution in [0.1, 0.15) is 24.8 Å². The van der Waals surface area contributed by atoms with Gasteiger partial charge in [-0.2, -0.15) is 4.98 Å². The van der Waals surface area contributed by atoms with E-state index in [9.17, 15) is 10.1 Å². The monoisotopic (exact) mass is 404 g/mol. The van der Waals surface area contributed by atoms with Crippen LogP contribution in [0.25, 0.3) is 22.8 Å².